The second-order valence-electron chi connectivity index (χ2n) is 6.63. The van der Waals surface area contributed by atoms with E-state index in [1.54, 1.807) is 0 Å². The topological polar surface area (TPSA) is 21.3 Å². The van der Waals surface area contributed by atoms with E-state index in [0.717, 1.165) is 42.9 Å². The Morgan fingerprint density at radius 1 is 1.12 bits per heavy atom. The number of hydrogen-bond acceptors (Lipinski definition) is 2. The maximum atomic E-state index is 5.61. The molecule has 2 bridgehead atoms. The summed E-state index contributed by atoms with van der Waals surface area (Å²) in [7, 11) is 0. The summed E-state index contributed by atoms with van der Waals surface area (Å²) in [5.41, 5.74) is 0. The standard InChI is InChI=1S/C15H27NO/c1-10(2)17-7-6-16-15-9-11-8-14(15)13-5-3-4-12(11)13/h10-16H,3-9H2,1-2H3. The van der Waals surface area contributed by atoms with Gasteiger partial charge in [0.15, 0.2) is 0 Å². The fourth-order valence-corrected chi connectivity index (χ4v) is 4.84. The molecule has 2 nitrogen and oxygen atoms in total. The van der Waals surface area contributed by atoms with E-state index in [1.165, 1.54) is 32.1 Å². The summed E-state index contributed by atoms with van der Waals surface area (Å²) < 4.78 is 5.61. The molecule has 0 aromatic carbocycles. The Labute approximate surface area is 105 Å². The van der Waals surface area contributed by atoms with Crippen LogP contribution in [0.4, 0.5) is 0 Å². The van der Waals surface area contributed by atoms with Crippen LogP contribution in [-0.4, -0.2) is 25.3 Å². The SMILES string of the molecule is CC(C)OCCNC1CC2CC1C1CCCC21. The van der Waals surface area contributed by atoms with Crippen LogP contribution in [0.2, 0.25) is 0 Å². The van der Waals surface area contributed by atoms with E-state index in [1.807, 2.05) is 0 Å². The lowest BCUT2D eigenvalue weighted by molar-refractivity contribution is 0.0762. The smallest absolute Gasteiger partial charge is 0.0594 e. The highest BCUT2D eigenvalue weighted by atomic mass is 16.5. The van der Waals surface area contributed by atoms with Gasteiger partial charge in [-0.05, 0) is 63.2 Å². The van der Waals surface area contributed by atoms with Gasteiger partial charge in [0.1, 0.15) is 0 Å². The van der Waals surface area contributed by atoms with Crippen molar-refractivity contribution in [2.45, 2.75) is 58.1 Å². The molecule has 3 aliphatic carbocycles. The van der Waals surface area contributed by atoms with E-state index >= 15 is 0 Å². The molecular formula is C15H27NO. The number of ether oxygens (including phenoxy) is 1. The normalized spacial score (nSPS) is 43.6. The summed E-state index contributed by atoms with van der Waals surface area (Å²) in [6.45, 7) is 6.14. The molecule has 0 saturated heterocycles. The number of hydrogen-bond donors (Lipinski definition) is 1. The van der Waals surface area contributed by atoms with E-state index in [2.05, 4.69) is 19.2 Å². The van der Waals surface area contributed by atoms with Gasteiger partial charge in [0.2, 0.25) is 0 Å². The van der Waals surface area contributed by atoms with Gasteiger partial charge in [0.05, 0.1) is 12.7 Å². The molecule has 0 spiro atoms. The molecule has 3 saturated carbocycles. The van der Waals surface area contributed by atoms with Crippen LogP contribution in [0.5, 0.6) is 0 Å². The van der Waals surface area contributed by atoms with Crippen LogP contribution in [0.15, 0.2) is 0 Å². The maximum absolute atomic E-state index is 5.61. The number of rotatable bonds is 5. The molecule has 98 valence electrons. The lowest BCUT2D eigenvalue weighted by Gasteiger charge is -2.32. The molecule has 5 atom stereocenters. The van der Waals surface area contributed by atoms with E-state index in [4.69, 9.17) is 4.74 Å². The van der Waals surface area contributed by atoms with E-state index < -0.39 is 0 Å². The third kappa shape index (κ3) is 2.26. The first-order valence-corrected chi connectivity index (χ1v) is 7.60. The highest BCUT2D eigenvalue weighted by Crippen LogP contribution is 2.58. The van der Waals surface area contributed by atoms with Crippen molar-refractivity contribution in [3.8, 4) is 0 Å². The zero-order valence-electron chi connectivity index (χ0n) is 11.3. The third-order valence-electron chi connectivity index (χ3n) is 5.39. The lowest BCUT2D eigenvalue weighted by atomic mass is 9.79. The van der Waals surface area contributed by atoms with Gasteiger partial charge in [0.25, 0.3) is 0 Å². The summed E-state index contributed by atoms with van der Waals surface area (Å²) in [5.74, 6) is 4.27. The summed E-state index contributed by atoms with van der Waals surface area (Å²) in [5, 5.41) is 3.76. The Hall–Kier alpha value is -0.0800. The molecule has 3 aliphatic rings. The molecule has 0 aromatic rings. The first-order valence-electron chi connectivity index (χ1n) is 7.60. The van der Waals surface area contributed by atoms with Crippen LogP contribution in [0.25, 0.3) is 0 Å². The maximum Gasteiger partial charge on any atom is 0.0594 e. The molecule has 0 aliphatic heterocycles. The van der Waals surface area contributed by atoms with Crippen LogP contribution in [0.1, 0.15) is 46.0 Å². The second kappa shape index (κ2) is 4.89. The monoisotopic (exact) mass is 237 g/mol. The molecule has 0 heterocycles. The summed E-state index contributed by atoms with van der Waals surface area (Å²) in [6.07, 6.45) is 7.91. The predicted octanol–water partition coefficient (Wildman–Crippen LogP) is 2.83. The molecule has 17 heavy (non-hydrogen) atoms. The molecule has 2 heteroatoms. The van der Waals surface area contributed by atoms with Gasteiger partial charge in [-0.25, -0.2) is 0 Å². The largest absolute Gasteiger partial charge is 0.377 e. The molecule has 0 aromatic heterocycles. The summed E-state index contributed by atoms with van der Waals surface area (Å²) in [4.78, 5) is 0. The van der Waals surface area contributed by atoms with E-state index in [0.29, 0.717) is 6.10 Å². The van der Waals surface area contributed by atoms with Crippen LogP contribution >= 0.6 is 0 Å². The minimum absolute atomic E-state index is 0.371. The summed E-state index contributed by atoms with van der Waals surface area (Å²) >= 11 is 0. The Morgan fingerprint density at radius 2 is 1.94 bits per heavy atom. The van der Waals surface area contributed by atoms with Crippen molar-refractivity contribution < 1.29 is 4.74 Å². The van der Waals surface area contributed by atoms with Crippen molar-refractivity contribution in [2.24, 2.45) is 23.7 Å². The fourth-order valence-electron chi connectivity index (χ4n) is 4.84. The van der Waals surface area contributed by atoms with Gasteiger partial charge in [-0.2, -0.15) is 0 Å². The van der Waals surface area contributed by atoms with Crippen molar-refractivity contribution in [1.29, 1.82) is 0 Å². The van der Waals surface area contributed by atoms with Gasteiger partial charge in [-0.15, -0.1) is 0 Å². The van der Waals surface area contributed by atoms with Crippen molar-refractivity contribution in [3.05, 3.63) is 0 Å². The molecule has 0 amide bonds. The highest BCUT2D eigenvalue weighted by Gasteiger charge is 2.53. The molecule has 0 radical (unpaired) electrons. The number of fused-ring (bicyclic) bond motifs is 5. The predicted molar refractivity (Wildman–Crippen MR) is 69.9 cm³/mol. The minimum atomic E-state index is 0.371. The fraction of sp³-hybridized carbons (Fsp3) is 1.00. The third-order valence-corrected chi connectivity index (χ3v) is 5.39. The Morgan fingerprint density at radius 3 is 2.76 bits per heavy atom. The molecular weight excluding hydrogens is 210 g/mol. The molecule has 5 unspecified atom stereocenters. The zero-order chi connectivity index (χ0) is 11.8. The van der Waals surface area contributed by atoms with Crippen molar-refractivity contribution in [3.63, 3.8) is 0 Å². The van der Waals surface area contributed by atoms with Crippen molar-refractivity contribution >= 4 is 0 Å². The van der Waals surface area contributed by atoms with Gasteiger partial charge < -0.3 is 10.1 Å². The average molecular weight is 237 g/mol. The number of nitrogens with one attached hydrogen (secondary N) is 1. The summed E-state index contributed by atoms with van der Waals surface area (Å²) in [6, 6.07) is 0.815. The zero-order valence-corrected chi connectivity index (χ0v) is 11.3. The van der Waals surface area contributed by atoms with Gasteiger partial charge in [-0.1, -0.05) is 6.42 Å². The van der Waals surface area contributed by atoms with Crippen LogP contribution < -0.4 is 5.32 Å². The van der Waals surface area contributed by atoms with E-state index in [9.17, 15) is 0 Å². The second-order valence-corrected chi connectivity index (χ2v) is 6.63. The van der Waals surface area contributed by atoms with Gasteiger partial charge in [0, 0.05) is 12.6 Å². The Kier molecular flexibility index (Phi) is 3.45. The van der Waals surface area contributed by atoms with Crippen molar-refractivity contribution in [1.82, 2.24) is 5.32 Å². The Bertz CT molecular complexity index is 266. The van der Waals surface area contributed by atoms with Gasteiger partial charge >= 0.3 is 0 Å². The van der Waals surface area contributed by atoms with Crippen LogP contribution in [0.3, 0.4) is 0 Å². The van der Waals surface area contributed by atoms with Gasteiger partial charge in [-0.3, -0.25) is 0 Å². The quantitative estimate of drug-likeness (QED) is 0.742. The molecule has 3 fully saturated rings. The molecule has 1 N–H and O–H groups in total. The highest BCUT2D eigenvalue weighted by molar-refractivity contribution is 5.05. The lowest BCUT2D eigenvalue weighted by Crippen LogP contribution is -2.40. The minimum Gasteiger partial charge on any atom is -0.377 e. The van der Waals surface area contributed by atoms with E-state index in [-0.39, 0.29) is 0 Å². The average Bonchev–Trinajstić information content (AvgIpc) is 2.95. The van der Waals surface area contributed by atoms with Crippen LogP contribution in [-0.2, 0) is 4.74 Å². The van der Waals surface area contributed by atoms with Crippen molar-refractivity contribution in [2.75, 3.05) is 13.2 Å². The van der Waals surface area contributed by atoms with Crippen LogP contribution in [0, 0.1) is 23.7 Å². The first-order chi connectivity index (χ1) is 8.25. The molecule has 3 rings (SSSR count). The Balaban J connectivity index is 1.44. The first kappa shape index (κ1) is 12.0.